The van der Waals surface area contributed by atoms with Crippen LogP contribution in [-0.2, 0) is 11.2 Å². The maximum atomic E-state index is 10.4. The van der Waals surface area contributed by atoms with Gasteiger partial charge in [-0.1, -0.05) is 11.6 Å². The molecule has 0 atom stereocenters. The van der Waals surface area contributed by atoms with Gasteiger partial charge < -0.3 is 9.52 Å². The molecule has 1 aromatic heterocycles. The second-order valence-electron chi connectivity index (χ2n) is 3.67. The van der Waals surface area contributed by atoms with E-state index in [9.17, 15) is 4.79 Å². The zero-order valence-electron chi connectivity index (χ0n) is 9.02. The van der Waals surface area contributed by atoms with Crippen LogP contribution >= 0.6 is 11.6 Å². The van der Waals surface area contributed by atoms with Crippen molar-refractivity contribution in [3.63, 3.8) is 0 Å². The zero-order valence-corrected chi connectivity index (χ0v) is 9.78. The lowest BCUT2D eigenvalue weighted by Crippen LogP contribution is -1.96. The molecule has 1 N–H and O–H groups in total. The van der Waals surface area contributed by atoms with Crippen LogP contribution < -0.4 is 0 Å². The quantitative estimate of drug-likeness (QED) is 0.902. The number of hydrogen-bond acceptors (Lipinski definition) is 2. The van der Waals surface area contributed by atoms with Gasteiger partial charge in [-0.15, -0.1) is 0 Å². The molecule has 2 rings (SSSR count). The number of carboxylic acids is 1. The lowest BCUT2D eigenvalue weighted by Gasteiger charge is -1.97. The van der Waals surface area contributed by atoms with E-state index in [0.29, 0.717) is 17.2 Å². The highest BCUT2D eigenvalue weighted by atomic mass is 35.5. The minimum absolute atomic E-state index is 0.0770. The first-order chi connectivity index (χ1) is 8.15. The van der Waals surface area contributed by atoms with Crippen molar-refractivity contribution in [3.8, 4) is 11.3 Å². The van der Waals surface area contributed by atoms with E-state index in [2.05, 4.69) is 0 Å². The average molecular weight is 251 g/mol. The molecule has 0 saturated heterocycles. The van der Waals surface area contributed by atoms with E-state index in [1.165, 1.54) is 0 Å². The molecule has 0 aliphatic heterocycles. The minimum Gasteiger partial charge on any atom is -0.481 e. The summed E-state index contributed by atoms with van der Waals surface area (Å²) in [5.41, 5.74) is 0.927. The van der Waals surface area contributed by atoms with Gasteiger partial charge in [-0.05, 0) is 36.4 Å². The molecule has 1 heterocycles. The van der Waals surface area contributed by atoms with Crippen LogP contribution in [0.25, 0.3) is 11.3 Å². The van der Waals surface area contributed by atoms with Crippen LogP contribution in [0.1, 0.15) is 12.2 Å². The Morgan fingerprint density at radius 3 is 2.53 bits per heavy atom. The molecule has 0 saturated carbocycles. The highest BCUT2D eigenvalue weighted by Gasteiger charge is 2.06. The summed E-state index contributed by atoms with van der Waals surface area (Å²) in [6.07, 6.45) is 0.483. The molecule has 1 aromatic carbocycles. The number of halogens is 1. The summed E-state index contributed by atoms with van der Waals surface area (Å²) in [6.45, 7) is 0. The fraction of sp³-hybridized carbons (Fsp3) is 0.154. The highest BCUT2D eigenvalue weighted by Crippen LogP contribution is 2.24. The molecule has 0 spiro atoms. The van der Waals surface area contributed by atoms with Gasteiger partial charge in [0, 0.05) is 17.0 Å². The molecule has 0 fully saturated rings. The molecule has 0 aliphatic rings. The van der Waals surface area contributed by atoms with E-state index in [1.807, 2.05) is 18.2 Å². The number of aliphatic carboxylic acids is 1. The number of hydrogen-bond donors (Lipinski definition) is 1. The number of benzene rings is 1. The maximum Gasteiger partial charge on any atom is 0.303 e. The van der Waals surface area contributed by atoms with Crippen molar-refractivity contribution in [2.24, 2.45) is 0 Å². The Bertz CT molecular complexity index is 514. The molecule has 4 heteroatoms. The molecule has 17 heavy (non-hydrogen) atoms. The van der Waals surface area contributed by atoms with Crippen molar-refractivity contribution >= 4 is 17.6 Å². The summed E-state index contributed by atoms with van der Waals surface area (Å²) >= 11 is 5.79. The van der Waals surface area contributed by atoms with Crippen molar-refractivity contribution in [1.29, 1.82) is 0 Å². The van der Waals surface area contributed by atoms with Gasteiger partial charge in [0.2, 0.25) is 0 Å². The smallest absolute Gasteiger partial charge is 0.303 e. The Hall–Kier alpha value is -1.74. The molecule has 3 nitrogen and oxygen atoms in total. The Kier molecular flexibility index (Phi) is 3.49. The van der Waals surface area contributed by atoms with Gasteiger partial charge in [-0.2, -0.15) is 0 Å². The van der Waals surface area contributed by atoms with Crippen molar-refractivity contribution in [1.82, 2.24) is 0 Å². The molecular weight excluding hydrogens is 240 g/mol. The molecule has 88 valence electrons. The number of rotatable bonds is 4. The number of aryl methyl sites for hydroxylation is 1. The predicted molar refractivity (Wildman–Crippen MR) is 65.1 cm³/mol. The van der Waals surface area contributed by atoms with Crippen molar-refractivity contribution < 1.29 is 14.3 Å². The van der Waals surface area contributed by atoms with Crippen LogP contribution in [0, 0.1) is 0 Å². The first-order valence-electron chi connectivity index (χ1n) is 5.21. The van der Waals surface area contributed by atoms with Gasteiger partial charge in [0.1, 0.15) is 11.5 Å². The normalized spacial score (nSPS) is 10.4. The third-order valence-electron chi connectivity index (χ3n) is 2.38. The maximum absolute atomic E-state index is 10.4. The molecular formula is C13H11ClO3. The summed E-state index contributed by atoms with van der Waals surface area (Å²) in [7, 11) is 0. The van der Waals surface area contributed by atoms with Crippen molar-refractivity contribution in [3.05, 3.63) is 47.2 Å². The lowest BCUT2D eigenvalue weighted by atomic mass is 10.2. The molecule has 0 radical (unpaired) electrons. The molecule has 0 unspecified atom stereocenters. The van der Waals surface area contributed by atoms with Gasteiger partial charge in [-0.3, -0.25) is 4.79 Å². The van der Waals surface area contributed by atoms with Gasteiger partial charge >= 0.3 is 5.97 Å². The SMILES string of the molecule is O=C(O)CCc1ccc(-c2ccc(Cl)cc2)o1. The molecule has 0 aliphatic carbocycles. The van der Waals surface area contributed by atoms with Crippen LogP contribution in [0.3, 0.4) is 0 Å². The zero-order chi connectivity index (χ0) is 12.3. The fourth-order valence-electron chi connectivity index (χ4n) is 1.51. The molecule has 0 amide bonds. The van der Waals surface area contributed by atoms with E-state index in [4.69, 9.17) is 21.1 Å². The van der Waals surface area contributed by atoms with Crippen LogP contribution in [0.2, 0.25) is 5.02 Å². The number of furan rings is 1. The topological polar surface area (TPSA) is 50.4 Å². The third kappa shape index (κ3) is 3.11. The summed E-state index contributed by atoms with van der Waals surface area (Å²) in [4.78, 5) is 10.4. The standard InChI is InChI=1S/C13H11ClO3/c14-10-3-1-9(2-4-10)12-7-5-11(17-12)6-8-13(15)16/h1-5,7H,6,8H2,(H,15,16). The fourth-order valence-corrected chi connectivity index (χ4v) is 1.64. The van der Waals surface area contributed by atoms with Crippen LogP contribution in [-0.4, -0.2) is 11.1 Å². The third-order valence-corrected chi connectivity index (χ3v) is 2.63. The Balaban J connectivity index is 2.12. The monoisotopic (exact) mass is 250 g/mol. The van der Waals surface area contributed by atoms with Gasteiger partial charge in [0.05, 0.1) is 6.42 Å². The van der Waals surface area contributed by atoms with Gasteiger partial charge in [0.25, 0.3) is 0 Å². The summed E-state index contributed by atoms with van der Waals surface area (Å²) in [5, 5.41) is 9.25. The van der Waals surface area contributed by atoms with Gasteiger partial charge in [-0.25, -0.2) is 0 Å². The van der Waals surface area contributed by atoms with E-state index in [0.717, 1.165) is 11.3 Å². The molecule has 0 bridgehead atoms. The van der Waals surface area contributed by atoms with E-state index in [1.54, 1.807) is 18.2 Å². The number of carboxylic acid groups (broad SMARTS) is 1. The van der Waals surface area contributed by atoms with E-state index < -0.39 is 5.97 Å². The van der Waals surface area contributed by atoms with Crippen LogP contribution in [0.5, 0.6) is 0 Å². The second-order valence-corrected chi connectivity index (χ2v) is 4.10. The van der Waals surface area contributed by atoms with Crippen LogP contribution in [0.4, 0.5) is 0 Å². The van der Waals surface area contributed by atoms with Gasteiger partial charge in [0.15, 0.2) is 0 Å². The lowest BCUT2D eigenvalue weighted by molar-refractivity contribution is -0.137. The Morgan fingerprint density at radius 2 is 1.88 bits per heavy atom. The Morgan fingerprint density at radius 1 is 1.18 bits per heavy atom. The molecule has 2 aromatic rings. The predicted octanol–water partition coefficient (Wildman–Crippen LogP) is 3.62. The van der Waals surface area contributed by atoms with Crippen LogP contribution in [0.15, 0.2) is 40.8 Å². The summed E-state index contributed by atoms with van der Waals surface area (Å²) in [6, 6.07) is 10.9. The number of carbonyl (C=O) groups is 1. The average Bonchev–Trinajstić information content (AvgIpc) is 2.76. The minimum atomic E-state index is -0.825. The summed E-state index contributed by atoms with van der Waals surface area (Å²) < 4.78 is 5.55. The summed E-state index contributed by atoms with van der Waals surface area (Å²) in [5.74, 6) is 0.578. The van der Waals surface area contributed by atoms with E-state index in [-0.39, 0.29) is 6.42 Å². The van der Waals surface area contributed by atoms with Crippen molar-refractivity contribution in [2.75, 3.05) is 0 Å². The highest BCUT2D eigenvalue weighted by molar-refractivity contribution is 6.30. The first kappa shape index (κ1) is 11.7. The second kappa shape index (κ2) is 5.06. The van der Waals surface area contributed by atoms with E-state index >= 15 is 0 Å². The Labute approximate surface area is 104 Å². The largest absolute Gasteiger partial charge is 0.481 e. The first-order valence-corrected chi connectivity index (χ1v) is 5.59. The van der Waals surface area contributed by atoms with Crippen molar-refractivity contribution in [2.45, 2.75) is 12.8 Å².